The molecule has 1 aromatic carbocycles. The molecule has 4 rings (SSSR count). The summed E-state index contributed by atoms with van der Waals surface area (Å²) in [6.07, 6.45) is 2.89. The van der Waals surface area contributed by atoms with Crippen molar-refractivity contribution in [3.8, 4) is 5.75 Å². The molecule has 0 bridgehead atoms. The number of carboxylic acid groups (broad SMARTS) is 1. The topological polar surface area (TPSA) is 111 Å². The zero-order valence-electron chi connectivity index (χ0n) is 19.9. The normalized spacial score (nSPS) is 15.8. The number of pyridine rings is 2. The van der Waals surface area contributed by atoms with Gasteiger partial charge in [0.05, 0.1) is 12.0 Å². The van der Waals surface area contributed by atoms with Gasteiger partial charge in [-0.1, -0.05) is 12.1 Å². The summed E-state index contributed by atoms with van der Waals surface area (Å²) >= 11 is 0. The maximum Gasteiger partial charge on any atom is 0.341 e. The van der Waals surface area contributed by atoms with Gasteiger partial charge in [0.15, 0.2) is 11.6 Å². The summed E-state index contributed by atoms with van der Waals surface area (Å²) in [6.45, 7) is 3.53. The third-order valence-electron chi connectivity index (χ3n) is 6.05. The lowest BCUT2D eigenvalue weighted by molar-refractivity contribution is 0.0695. The van der Waals surface area contributed by atoms with Crippen molar-refractivity contribution in [1.82, 2.24) is 20.2 Å². The van der Waals surface area contributed by atoms with E-state index in [1.54, 1.807) is 0 Å². The number of nitrogens with zero attached hydrogens (tertiary/aromatic N) is 3. The van der Waals surface area contributed by atoms with E-state index in [9.17, 15) is 14.0 Å². The number of benzene rings is 1. The maximum atomic E-state index is 14.8. The lowest BCUT2D eigenvalue weighted by Gasteiger charge is -2.19. The Bertz CT molecular complexity index is 1250. The van der Waals surface area contributed by atoms with Crippen LogP contribution in [0.4, 0.5) is 10.2 Å². The molecule has 3 heterocycles. The van der Waals surface area contributed by atoms with Crippen LogP contribution in [0, 0.1) is 5.82 Å². The quantitative estimate of drug-likeness (QED) is 0.377. The number of aromatic amines is 1. The Hall–Kier alpha value is -3.50. The molecule has 1 atom stereocenters. The van der Waals surface area contributed by atoms with Crippen molar-refractivity contribution in [2.45, 2.75) is 25.4 Å². The van der Waals surface area contributed by atoms with Crippen molar-refractivity contribution in [3.63, 3.8) is 0 Å². The largest absolute Gasteiger partial charge is 0.494 e. The van der Waals surface area contributed by atoms with Gasteiger partial charge in [-0.05, 0) is 50.7 Å². The highest BCUT2D eigenvalue weighted by Gasteiger charge is 2.26. The molecule has 0 saturated carbocycles. The van der Waals surface area contributed by atoms with Crippen LogP contribution in [0.25, 0.3) is 11.0 Å². The third-order valence-corrected chi connectivity index (χ3v) is 6.05. The van der Waals surface area contributed by atoms with Crippen LogP contribution in [-0.2, 0) is 6.54 Å². The standard InChI is InChI=1S/C25H30FN5O4/c1-30(2)9-3-11-35-18-6-4-16(5-7-18)13-27-17-8-10-31(15-17)24-21(26)12-19-22(32)20(25(33)34)14-28-23(19)29-24/h4-7,12,14,17,27H,3,8-11,13,15H2,1-2H3,(H,33,34)(H,28,29,32). The van der Waals surface area contributed by atoms with Crippen molar-refractivity contribution in [2.24, 2.45) is 0 Å². The number of carbonyl (C=O) groups is 1. The van der Waals surface area contributed by atoms with Crippen LogP contribution >= 0.6 is 0 Å². The molecule has 10 heteroatoms. The monoisotopic (exact) mass is 483 g/mol. The van der Waals surface area contributed by atoms with Crippen molar-refractivity contribution in [2.75, 3.05) is 45.2 Å². The Labute approximate surface area is 202 Å². The summed E-state index contributed by atoms with van der Waals surface area (Å²) in [6, 6.07) is 9.23. The van der Waals surface area contributed by atoms with Crippen molar-refractivity contribution in [3.05, 3.63) is 63.7 Å². The third kappa shape index (κ3) is 5.95. The van der Waals surface area contributed by atoms with Crippen LogP contribution < -0.4 is 20.4 Å². The average Bonchev–Trinajstić information content (AvgIpc) is 3.30. The fraction of sp³-hybridized carbons (Fsp3) is 0.400. The van der Waals surface area contributed by atoms with Gasteiger partial charge in [0.2, 0.25) is 5.43 Å². The number of H-pyrrole nitrogens is 1. The molecule has 186 valence electrons. The smallest absolute Gasteiger partial charge is 0.341 e. The van der Waals surface area contributed by atoms with E-state index in [-0.39, 0.29) is 22.9 Å². The Morgan fingerprint density at radius 2 is 2.11 bits per heavy atom. The summed E-state index contributed by atoms with van der Waals surface area (Å²) in [5, 5.41) is 12.5. The average molecular weight is 484 g/mol. The van der Waals surface area contributed by atoms with Crippen LogP contribution in [0.2, 0.25) is 0 Å². The molecular weight excluding hydrogens is 453 g/mol. The Morgan fingerprint density at radius 3 is 2.83 bits per heavy atom. The molecular formula is C25H30FN5O4. The van der Waals surface area contributed by atoms with E-state index >= 15 is 0 Å². The van der Waals surface area contributed by atoms with Gasteiger partial charge in [0.1, 0.15) is 17.0 Å². The number of rotatable bonds is 10. The van der Waals surface area contributed by atoms with Crippen molar-refractivity contribution < 1.29 is 19.0 Å². The van der Waals surface area contributed by atoms with E-state index in [0.29, 0.717) is 26.2 Å². The minimum atomic E-state index is -1.37. The molecule has 1 saturated heterocycles. The number of aromatic carboxylic acids is 1. The number of nitrogens with one attached hydrogen (secondary N) is 2. The lowest BCUT2D eigenvalue weighted by Crippen LogP contribution is -2.32. The van der Waals surface area contributed by atoms with Gasteiger partial charge in [-0.15, -0.1) is 0 Å². The molecule has 1 aliphatic heterocycles. The predicted molar refractivity (Wildman–Crippen MR) is 132 cm³/mol. The van der Waals surface area contributed by atoms with Crippen LogP contribution in [0.1, 0.15) is 28.8 Å². The highest BCUT2D eigenvalue weighted by molar-refractivity contribution is 5.91. The minimum Gasteiger partial charge on any atom is -0.494 e. The van der Waals surface area contributed by atoms with Crippen LogP contribution in [0.3, 0.4) is 0 Å². The molecule has 1 fully saturated rings. The van der Waals surface area contributed by atoms with Crippen LogP contribution in [-0.4, -0.2) is 72.3 Å². The molecule has 9 nitrogen and oxygen atoms in total. The van der Waals surface area contributed by atoms with E-state index in [1.807, 2.05) is 43.3 Å². The number of carboxylic acids is 1. The second kappa shape index (κ2) is 10.8. The summed E-state index contributed by atoms with van der Waals surface area (Å²) in [4.78, 5) is 34.4. The van der Waals surface area contributed by atoms with E-state index < -0.39 is 22.8 Å². The highest BCUT2D eigenvalue weighted by Crippen LogP contribution is 2.24. The number of aromatic nitrogens is 2. The summed E-state index contributed by atoms with van der Waals surface area (Å²) < 4.78 is 20.6. The molecule has 3 N–H and O–H groups in total. The van der Waals surface area contributed by atoms with E-state index in [2.05, 4.69) is 20.2 Å². The lowest BCUT2D eigenvalue weighted by atomic mass is 10.2. The first-order chi connectivity index (χ1) is 16.8. The van der Waals surface area contributed by atoms with Crippen molar-refractivity contribution >= 4 is 22.8 Å². The summed E-state index contributed by atoms with van der Waals surface area (Å²) in [7, 11) is 4.08. The molecule has 2 aromatic heterocycles. The molecule has 0 spiro atoms. The first-order valence-corrected chi connectivity index (χ1v) is 11.6. The number of ether oxygens (including phenoxy) is 1. The van der Waals surface area contributed by atoms with Crippen LogP contribution in [0.5, 0.6) is 5.75 Å². The van der Waals surface area contributed by atoms with Gasteiger partial charge in [-0.2, -0.15) is 0 Å². The molecule has 0 radical (unpaired) electrons. The summed E-state index contributed by atoms with van der Waals surface area (Å²) in [5.41, 5.74) is 0.0960. The Balaban J connectivity index is 1.33. The number of halogens is 1. The SMILES string of the molecule is CN(C)CCCOc1ccc(CNC2CCN(c3nc4[nH]cc(C(=O)O)c(=O)c4cc3F)C2)cc1. The van der Waals surface area contributed by atoms with Crippen LogP contribution in [0.15, 0.2) is 41.3 Å². The van der Waals surface area contributed by atoms with Gasteiger partial charge in [0.25, 0.3) is 0 Å². The van der Waals surface area contributed by atoms with Gasteiger partial charge in [-0.25, -0.2) is 14.2 Å². The number of fused-ring (bicyclic) bond motifs is 1. The summed E-state index contributed by atoms with van der Waals surface area (Å²) in [5.74, 6) is -1.01. The maximum absolute atomic E-state index is 14.8. The van der Waals surface area contributed by atoms with E-state index in [1.165, 1.54) is 0 Å². The molecule has 35 heavy (non-hydrogen) atoms. The fourth-order valence-corrected chi connectivity index (χ4v) is 4.15. The molecule has 1 aliphatic rings. The van der Waals surface area contributed by atoms with Gasteiger partial charge >= 0.3 is 5.97 Å². The predicted octanol–water partition coefficient (Wildman–Crippen LogP) is 2.46. The molecule has 3 aromatic rings. The number of anilines is 1. The minimum absolute atomic E-state index is 0.0786. The van der Waals surface area contributed by atoms with Gasteiger partial charge in [0, 0.05) is 38.4 Å². The van der Waals surface area contributed by atoms with E-state index in [4.69, 9.17) is 9.84 Å². The molecule has 0 amide bonds. The highest BCUT2D eigenvalue weighted by atomic mass is 19.1. The zero-order chi connectivity index (χ0) is 24.9. The second-order valence-corrected chi connectivity index (χ2v) is 8.99. The Morgan fingerprint density at radius 1 is 1.34 bits per heavy atom. The number of hydrogen-bond donors (Lipinski definition) is 3. The fourth-order valence-electron chi connectivity index (χ4n) is 4.15. The van der Waals surface area contributed by atoms with E-state index in [0.717, 1.165) is 43.0 Å². The van der Waals surface area contributed by atoms with Crippen molar-refractivity contribution in [1.29, 1.82) is 0 Å². The van der Waals surface area contributed by atoms with Gasteiger partial charge < -0.3 is 29.9 Å². The molecule has 1 unspecified atom stereocenters. The van der Waals surface area contributed by atoms with Gasteiger partial charge in [-0.3, -0.25) is 4.79 Å². The second-order valence-electron chi connectivity index (χ2n) is 8.99. The number of hydrogen-bond acceptors (Lipinski definition) is 7. The molecule has 0 aliphatic carbocycles. The Kier molecular flexibility index (Phi) is 7.62. The first-order valence-electron chi connectivity index (χ1n) is 11.6. The first kappa shape index (κ1) is 24.6. The zero-order valence-corrected chi connectivity index (χ0v) is 19.9.